The third-order valence-electron chi connectivity index (χ3n) is 5.82. The number of aryl methyl sites for hydroxylation is 1. The molecule has 0 bridgehead atoms. The van der Waals surface area contributed by atoms with E-state index in [-0.39, 0.29) is 11.7 Å². The number of fused-ring (bicyclic) bond motifs is 1. The van der Waals surface area contributed by atoms with E-state index in [1.807, 2.05) is 66.7 Å². The fraction of sp³-hybridized carbons (Fsp3) is 0.103. The molecular weight excluding hydrogens is 420 g/mol. The number of rotatable bonds is 6. The lowest BCUT2D eigenvalue weighted by atomic mass is 9.98. The van der Waals surface area contributed by atoms with Crippen molar-refractivity contribution in [2.45, 2.75) is 19.8 Å². The molecule has 0 saturated carbocycles. The summed E-state index contributed by atoms with van der Waals surface area (Å²) in [5.74, 6) is 0.310. The SMILES string of the molecule is CCCc1nc(N)nc2ccc(-c3ccc(-c4ccc(C(=O)c5ccccc5)cc4)cc3)nc12. The highest BCUT2D eigenvalue weighted by molar-refractivity contribution is 6.09. The average Bonchev–Trinajstić information content (AvgIpc) is 2.89. The van der Waals surface area contributed by atoms with E-state index in [0.717, 1.165) is 52.0 Å². The van der Waals surface area contributed by atoms with Gasteiger partial charge in [-0.3, -0.25) is 4.79 Å². The second kappa shape index (κ2) is 9.24. The molecule has 0 unspecified atom stereocenters. The molecule has 0 aliphatic rings. The maximum Gasteiger partial charge on any atom is 0.220 e. The lowest BCUT2D eigenvalue weighted by molar-refractivity contribution is 0.103. The second-order valence-corrected chi connectivity index (χ2v) is 8.19. The average molecular weight is 445 g/mol. The number of anilines is 1. The standard InChI is InChI=1S/C29H24N4O/c1-2-6-25-27-26(33-29(30)32-25)18-17-24(31-27)21-13-9-19(10-14-21)20-11-15-23(16-12-20)28(34)22-7-4-3-5-8-22/h3-5,7-18H,2,6H2,1H3,(H2,30,32,33). The van der Waals surface area contributed by atoms with Crippen LogP contribution in [0, 0.1) is 0 Å². The van der Waals surface area contributed by atoms with Crippen molar-refractivity contribution in [1.82, 2.24) is 15.0 Å². The summed E-state index contributed by atoms with van der Waals surface area (Å²) >= 11 is 0. The molecule has 5 nitrogen and oxygen atoms in total. The molecule has 0 amide bonds. The topological polar surface area (TPSA) is 81.8 Å². The number of aromatic nitrogens is 3. The van der Waals surface area contributed by atoms with Gasteiger partial charge in [0.15, 0.2) is 5.78 Å². The minimum Gasteiger partial charge on any atom is -0.368 e. The number of hydrogen-bond acceptors (Lipinski definition) is 5. The van der Waals surface area contributed by atoms with Gasteiger partial charge in [-0.1, -0.05) is 92.2 Å². The third-order valence-corrected chi connectivity index (χ3v) is 5.82. The first-order chi connectivity index (χ1) is 16.6. The normalized spacial score (nSPS) is 11.0. The number of nitrogens with two attached hydrogens (primary N) is 1. The van der Waals surface area contributed by atoms with Crippen molar-refractivity contribution in [1.29, 1.82) is 0 Å². The van der Waals surface area contributed by atoms with Crippen LogP contribution in [-0.2, 0) is 6.42 Å². The van der Waals surface area contributed by atoms with Crippen molar-refractivity contribution < 1.29 is 4.79 Å². The Morgan fingerprint density at radius 1 is 0.706 bits per heavy atom. The van der Waals surface area contributed by atoms with Crippen molar-refractivity contribution in [3.63, 3.8) is 0 Å². The quantitative estimate of drug-likeness (QED) is 0.319. The van der Waals surface area contributed by atoms with E-state index in [1.165, 1.54) is 0 Å². The lowest BCUT2D eigenvalue weighted by Crippen LogP contribution is -2.02. The van der Waals surface area contributed by atoms with Crippen LogP contribution in [-0.4, -0.2) is 20.7 Å². The van der Waals surface area contributed by atoms with E-state index in [1.54, 1.807) is 0 Å². The highest BCUT2D eigenvalue weighted by atomic mass is 16.1. The molecule has 0 aliphatic carbocycles. The van der Waals surface area contributed by atoms with Crippen LogP contribution in [0.15, 0.2) is 91.0 Å². The first kappa shape index (κ1) is 21.5. The summed E-state index contributed by atoms with van der Waals surface area (Å²) in [6.07, 6.45) is 1.77. The summed E-state index contributed by atoms with van der Waals surface area (Å²) in [4.78, 5) is 26.2. The number of ketones is 1. The van der Waals surface area contributed by atoms with Crippen LogP contribution in [0.5, 0.6) is 0 Å². The van der Waals surface area contributed by atoms with E-state index < -0.39 is 0 Å². The summed E-state index contributed by atoms with van der Waals surface area (Å²) in [6, 6.07) is 29.2. The molecule has 5 heteroatoms. The third kappa shape index (κ3) is 4.28. The van der Waals surface area contributed by atoms with Gasteiger partial charge in [-0.05, 0) is 29.7 Å². The zero-order valence-corrected chi connectivity index (χ0v) is 18.9. The number of nitrogen functional groups attached to an aromatic ring is 1. The summed E-state index contributed by atoms with van der Waals surface area (Å²) in [6.45, 7) is 2.11. The van der Waals surface area contributed by atoms with Crippen LogP contribution in [0.4, 0.5) is 5.95 Å². The molecule has 2 aromatic heterocycles. The smallest absolute Gasteiger partial charge is 0.220 e. The Bertz CT molecular complexity index is 1460. The van der Waals surface area contributed by atoms with Crippen LogP contribution < -0.4 is 5.73 Å². The van der Waals surface area contributed by atoms with Crippen molar-refractivity contribution in [3.05, 3.63) is 108 Å². The fourth-order valence-corrected chi connectivity index (χ4v) is 4.07. The van der Waals surface area contributed by atoms with Gasteiger partial charge < -0.3 is 5.73 Å². The first-order valence-corrected chi connectivity index (χ1v) is 11.4. The number of nitrogens with zero attached hydrogens (tertiary/aromatic N) is 3. The molecular formula is C29H24N4O. The number of carbonyl (C=O) groups excluding carboxylic acids is 1. The molecule has 166 valence electrons. The lowest BCUT2D eigenvalue weighted by Gasteiger charge is -2.09. The maximum atomic E-state index is 12.6. The highest BCUT2D eigenvalue weighted by Gasteiger charge is 2.11. The van der Waals surface area contributed by atoms with Crippen molar-refractivity contribution in [3.8, 4) is 22.4 Å². The van der Waals surface area contributed by atoms with E-state index in [2.05, 4.69) is 41.2 Å². The van der Waals surface area contributed by atoms with Gasteiger partial charge in [0.25, 0.3) is 0 Å². The van der Waals surface area contributed by atoms with Gasteiger partial charge in [-0.2, -0.15) is 0 Å². The van der Waals surface area contributed by atoms with Gasteiger partial charge in [0.1, 0.15) is 5.52 Å². The van der Waals surface area contributed by atoms with Crippen LogP contribution in [0.1, 0.15) is 35.0 Å². The van der Waals surface area contributed by atoms with Gasteiger partial charge in [-0.15, -0.1) is 0 Å². The monoisotopic (exact) mass is 444 g/mol. The second-order valence-electron chi connectivity index (χ2n) is 8.19. The zero-order valence-electron chi connectivity index (χ0n) is 18.9. The molecule has 3 aromatic carbocycles. The van der Waals surface area contributed by atoms with E-state index >= 15 is 0 Å². The summed E-state index contributed by atoms with van der Waals surface area (Å²) < 4.78 is 0. The minimum atomic E-state index is 0.0260. The maximum absolute atomic E-state index is 12.6. The molecule has 0 spiro atoms. The Kier molecular flexibility index (Phi) is 5.83. The predicted octanol–water partition coefficient (Wildman–Crippen LogP) is 6.12. The molecule has 2 heterocycles. The van der Waals surface area contributed by atoms with Crippen LogP contribution in [0.2, 0.25) is 0 Å². The van der Waals surface area contributed by atoms with Crippen LogP contribution in [0.3, 0.4) is 0 Å². The number of pyridine rings is 1. The van der Waals surface area contributed by atoms with Crippen molar-refractivity contribution in [2.24, 2.45) is 0 Å². The minimum absolute atomic E-state index is 0.0260. The summed E-state index contributed by atoms with van der Waals surface area (Å²) in [7, 11) is 0. The number of benzene rings is 3. The molecule has 0 saturated heterocycles. The molecule has 0 atom stereocenters. The van der Waals surface area contributed by atoms with E-state index in [0.29, 0.717) is 11.1 Å². The molecule has 5 aromatic rings. The van der Waals surface area contributed by atoms with Crippen LogP contribution in [0.25, 0.3) is 33.4 Å². The number of carbonyl (C=O) groups is 1. The van der Waals surface area contributed by atoms with Crippen molar-refractivity contribution >= 4 is 22.8 Å². The molecule has 2 N–H and O–H groups in total. The van der Waals surface area contributed by atoms with Gasteiger partial charge in [0.2, 0.25) is 5.95 Å². The summed E-state index contributed by atoms with van der Waals surface area (Å²) in [5.41, 5.74) is 13.7. The largest absolute Gasteiger partial charge is 0.368 e. The number of hydrogen-bond donors (Lipinski definition) is 1. The molecule has 5 rings (SSSR count). The Morgan fingerprint density at radius 2 is 1.32 bits per heavy atom. The van der Waals surface area contributed by atoms with Crippen LogP contribution >= 0.6 is 0 Å². The molecule has 0 fully saturated rings. The Hall–Kier alpha value is -4.38. The predicted molar refractivity (Wildman–Crippen MR) is 136 cm³/mol. The molecule has 0 aliphatic heterocycles. The zero-order chi connectivity index (χ0) is 23.5. The van der Waals surface area contributed by atoms with E-state index in [9.17, 15) is 4.79 Å². The Balaban J connectivity index is 1.40. The first-order valence-electron chi connectivity index (χ1n) is 11.4. The Morgan fingerprint density at radius 3 is 2.00 bits per heavy atom. The Labute approximate surface area is 198 Å². The van der Waals surface area contributed by atoms with E-state index in [4.69, 9.17) is 10.7 Å². The van der Waals surface area contributed by atoms with Gasteiger partial charge in [0, 0.05) is 16.7 Å². The van der Waals surface area contributed by atoms with Gasteiger partial charge in [0.05, 0.1) is 16.9 Å². The molecule has 34 heavy (non-hydrogen) atoms. The molecule has 0 radical (unpaired) electrons. The fourth-order valence-electron chi connectivity index (χ4n) is 4.07. The van der Waals surface area contributed by atoms with Crippen molar-refractivity contribution in [2.75, 3.05) is 5.73 Å². The summed E-state index contributed by atoms with van der Waals surface area (Å²) in [5, 5.41) is 0. The van der Waals surface area contributed by atoms with Gasteiger partial charge >= 0.3 is 0 Å². The van der Waals surface area contributed by atoms with Gasteiger partial charge in [-0.25, -0.2) is 15.0 Å². The highest BCUT2D eigenvalue weighted by Crippen LogP contribution is 2.27.